The third-order valence-corrected chi connectivity index (χ3v) is 3.11. The van der Waals surface area contributed by atoms with Crippen LogP contribution in [0.4, 0.5) is 0 Å². The molecule has 0 saturated carbocycles. The van der Waals surface area contributed by atoms with Crippen LogP contribution in [0.3, 0.4) is 0 Å². The Morgan fingerprint density at radius 2 is 2.13 bits per heavy atom. The monoisotopic (exact) mass is 232 g/mol. The van der Waals surface area contributed by atoms with E-state index < -0.39 is 10.8 Å². The highest BCUT2D eigenvalue weighted by atomic mass is 32.2. The summed E-state index contributed by atoms with van der Waals surface area (Å²) in [4.78, 5) is 11.2. The summed E-state index contributed by atoms with van der Waals surface area (Å²) in [5.74, 6) is 1.02. The SMILES string of the molecule is CC=CCNC(=O)CCS(=O)CCNC. The van der Waals surface area contributed by atoms with Gasteiger partial charge in [0.05, 0.1) is 0 Å². The van der Waals surface area contributed by atoms with Crippen LogP contribution in [0.1, 0.15) is 13.3 Å². The van der Waals surface area contributed by atoms with E-state index in [1.807, 2.05) is 26.1 Å². The molecule has 0 aromatic rings. The second-order valence-electron chi connectivity index (χ2n) is 3.07. The van der Waals surface area contributed by atoms with E-state index >= 15 is 0 Å². The van der Waals surface area contributed by atoms with Crippen molar-refractivity contribution < 1.29 is 9.00 Å². The van der Waals surface area contributed by atoms with Crippen LogP contribution in [0, 0.1) is 0 Å². The molecule has 0 heterocycles. The molecule has 0 spiro atoms. The van der Waals surface area contributed by atoms with Crippen LogP contribution in [0.2, 0.25) is 0 Å². The number of carbonyl (C=O) groups is 1. The van der Waals surface area contributed by atoms with Gasteiger partial charge < -0.3 is 10.6 Å². The summed E-state index contributed by atoms with van der Waals surface area (Å²) in [5, 5.41) is 5.64. The topological polar surface area (TPSA) is 58.2 Å². The average molecular weight is 232 g/mol. The fourth-order valence-corrected chi connectivity index (χ4v) is 1.95. The number of hydrogen-bond donors (Lipinski definition) is 2. The van der Waals surface area contributed by atoms with Gasteiger partial charge in [0.2, 0.25) is 5.91 Å². The van der Waals surface area contributed by atoms with Gasteiger partial charge in [0, 0.05) is 41.8 Å². The highest BCUT2D eigenvalue weighted by Crippen LogP contribution is 1.88. The van der Waals surface area contributed by atoms with Crippen molar-refractivity contribution in [2.75, 3.05) is 31.6 Å². The average Bonchev–Trinajstić information content (AvgIpc) is 2.24. The number of allylic oxidation sites excluding steroid dienone is 1. The van der Waals surface area contributed by atoms with E-state index in [1.54, 1.807) is 0 Å². The van der Waals surface area contributed by atoms with E-state index in [0.717, 1.165) is 6.54 Å². The van der Waals surface area contributed by atoms with Crippen molar-refractivity contribution in [1.29, 1.82) is 0 Å². The van der Waals surface area contributed by atoms with Crippen molar-refractivity contribution in [2.24, 2.45) is 0 Å². The van der Waals surface area contributed by atoms with E-state index in [2.05, 4.69) is 10.6 Å². The van der Waals surface area contributed by atoms with E-state index in [0.29, 0.717) is 24.5 Å². The van der Waals surface area contributed by atoms with Crippen LogP contribution < -0.4 is 10.6 Å². The van der Waals surface area contributed by atoms with Gasteiger partial charge in [0.15, 0.2) is 0 Å². The molecule has 0 rings (SSSR count). The molecular formula is C10H20N2O2S. The standard InChI is InChI=1S/C10H20N2O2S/c1-3-4-6-12-10(13)5-8-15(14)9-7-11-2/h3-4,11H,5-9H2,1-2H3,(H,12,13). The van der Waals surface area contributed by atoms with Crippen LogP contribution in [-0.2, 0) is 15.6 Å². The molecule has 0 aliphatic rings. The van der Waals surface area contributed by atoms with Crippen molar-refractivity contribution in [3.8, 4) is 0 Å². The predicted molar refractivity (Wildman–Crippen MR) is 64.2 cm³/mol. The van der Waals surface area contributed by atoms with Crippen molar-refractivity contribution in [3.05, 3.63) is 12.2 Å². The lowest BCUT2D eigenvalue weighted by Gasteiger charge is -2.02. The lowest BCUT2D eigenvalue weighted by Crippen LogP contribution is -2.25. The molecule has 0 fully saturated rings. The number of rotatable bonds is 8. The third kappa shape index (κ3) is 9.62. The molecule has 15 heavy (non-hydrogen) atoms. The second-order valence-corrected chi connectivity index (χ2v) is 4.77. The van der Waals surface area contributed by atoms with Gasteiger partial charge >= 0.3 is 0 Å². The van der Waals surface area contributed by atoms with Gasteiger partial charge in [-0.3, -0.25) is 9.00 Å². The Morgan fingerprint density at radius 1 is 1.40 bits per heavy atom. The predicted octanol–water partition coefficient (Wildman–Crippen LogP) is 0.0369. The largest absolute Gasteiger partial charge is 0.353 e. The summed E-state index contributed by atoms with van der Waals surface area (Å²) in [6.07, 6.45) is 4.09. The van der Waals surface area contributed by atoms with Crippen LogP contribution in [0.5, 0.6) is 0 Å². The first-order chi connectivity index (χ1) is 7.20. The number of amides is 1. The molecule has 0 saturated heterocycles. The van der Waals surface area contributed by atoms with Gasteiger partial charge in [-0.15, -0.1) is 0 Å². The Hall–Kier alpha value is -0.680. The normalized spacial score (nSPS) is 12.9. The van der Waals surface area contributed by atoms with Gasteiger partial charge in [-0.1, -0.05) is 12.2 Å². The van der Waals surface area contributed by atoms with E-state index in [4.69, 9.17) is 0 Å². The highest BCUT2D eigenvalue weighted by molar-refractivity contribution is 7.85. The Morgan fingerprint density at radius 3 is 2.73 bits per heavy atom. The zero-order valence-electron chi connectivity index (χ0n) is 9.41. The molecular weight excluding hydrogens is 212 g/mol. The second kappa shape index (κ2) is 9.86. The maximum atomic E-state index is 11.3. The molecule has 88 valence electrons. The molecule has 2 N–H and O–H groups in total. The van der Waals surface area contributed by atoms with Gasteiger partial charge in [0.1, 0.15) is 0 Å². The summed E-state index contributed by atoms with van der Waals surface area (Å²) < 4.78 is 11.3. The van der Waals surface area contributed by atoms with Gasteiger partial charge in [0.25, 0.3) is 0 Å². The summed E-state index contributed by atoms with van der Waals surface area (Å²) in [5.41, 5.74) is 0. The molecule has 0 aromatic carbocycles. The molecule has 5 heteroatoms. The summed E-state index contributed by atoms with van der Waals surface area (Å²) in [6.45, 7) is 3.18. The summed E-state index contributed by atoms with van der Waals surface area (Å²) in [7, 11) is 0.931. The molecule has 4 nitrogen and oxygen atoms in total. The lowest BCUT2D eigenvalue weighted by atomic mass is 10.4. The number of hydrogen-bond acceptors (Lipinski definition) is 3. The van der Waals surface area contributed by atoms with Gasteiger partial charge in [-0.25, -0.2) is 0 Å². The van der Waals surface area contributed by atoms with Gasteiger partial charge in [-0.05, 0) is 14.0 Å². The first-order valence-corrected chi connectivity index (χ1v) is 6.57. The van der Waals surface area contributed by atoms with Crippen molar-refractivity contribution in [1.82, 2.24) is 10.6 Å². The third-order valence-electron chi connectivity index (χ3n) is 1.79. The summed E-state index contributed by atoms with van der Waals surface area (Å²) in [6, 6.07) is 0. The zero-order valence-corrected chi connectivity index (χ0v) is 10.2. The quantitative estimate of drug-likeness (QED) is 0.581. The van der Waals surface area contributed by atoms with Crippen LogP contribution in [0.15, 0.2) is 12.2 Å². The van der Waals surface area contributed by atoms with Gasteiger partial charge in [-0.2, -0.15) is 0 Å². The minimum atomic E-state index is -0.889. The molecule has 0 bridgehead atoms. The van der Waals surface area contributed by atoms with E-state index in [-0.39, 0.29) is 5.91 Å². The minimum absolute atomic E-state index is 0.0362. The molecule has 1 unspecified atom stereocenters. The lowest BCUT2D eigenvalue weighted by molar-refractivity contribution is -0.120. The Kier molecular flexibility index (Phi) is 9.41. The first kappa shape index (κ1) is 14.3. The van der Waals surface area contributed by atoms with Crippen molar-refractivity contribution in [3.63, 3.8) is 0 Å². The molecule has 0 radical (unpaired) electrons. The highest BCUT2D eigenvalue weighted by Gasteiger charge is 2.03. The van der Waals surface area contributed by atoms with Crippen LogP contribution >= 0.6 is 0 Å². The maximum absolute atomic E-state index is 11.3. The van der Waals surface area contributed by atoms with Crippen LogP contribution in [-0.4, -0.2) is 41.8 Å². The smallest absolute Gasteiger partial charge is 0.221 e. The molecule has 0 aromatic heterocycles. The van der Waals surface area contributed by atoms with Crippen LogP contribution in [0.25, 0.3) is 0 Å². The number of nitrogens with one attached hydrogen (secondary N) is 2. The Bertz CT molecular complexity index is 229. The van der Waals surface area contributed by atoms with E-state index in [1.165, 1.54) is 0 Å². The number of carbonyl (C=O) groups excluding carboxylic acids is 1. The molecule has 0 aliphatic heterocycles. The minimum Gasteiger partial charge on any atom is -0.353 e. The molecule has 1 amide bonds. The maximum Gasteiger partial charge on any atom is 0.221 e. The van der Waals surface area contributed by atoms with Crippen molar-refractivity contribution >= 4 is 16.7 Å². The fraction of sp³-hybridized carbons (Fsp3) is 0.700. The first-order valence-electron chi connectivity index (χ1n) is 5.08. The fourth-order valence-electron chi connectivity index (χ4n) is 0.903. The molecule has 0 aliphatic carbocycles. The summed E-state index contributed by atoms with van der Waals surface area (Å²) >= 11 is 0. The molecule has 1 atom stereocenters. The van der Waals surface area contributed by atoms with E-state index in [9.17, 15) is 9.00 Å². The Balaban J connectivity index is 3.48. The zero-order chi connectivity index (χ0) is 11.5. The van der Waals surface area contributed by atoms with Crippen molar-refractivity contribution in [2.45, 2.75) is 13.3 Å². The Labute approximate surface area is 94.0 Å².